The van der Waals surface area contributed by atoms with Crippen LogP contribution in [0.2, 0.25) is 10.0 Å². The lowest BCUT2D eigenvalue weighted by Crippen LogP contribution is -2.11. The molecule has 4 aromatic rings. The molecule has 9 heteroatoms. The first-order chi connectivity index (χ1) is 17.8. The molecule has 184 valence electrons. The summed E-state index contributed by atoms with van der Waals surface area (Å²) in [7, 11) is 0. The van der Waals surface area contributed by atoms with E-state index in [2.05, 4.69) is 0 Å². The van der Waals surface area contributed by atoms with Gasteiger partial charge in [-0.2, -0.15) is 0 Å². The highest BCUT2D eigenvalue weighted by Crippen LogP contribution is 2.40. The highest BCUT2D eigenvalue weighted by Gasteiger charge is 2.27. The van der Waals surface area contributed by atoms with Crippen molar-refractivity contribution in [2.24, 2.45) is 0 Å². The zero-order valence-corrected chi connectivity index (χ0v) is 21.3. The SMILES string of the molecule is O=C(C(Sc1ccccc1[N+](=O)[O-])=C(OC(=O)c1ccc(Cl)cc1Cl)c1ccccc1)c1ccccc1. The molecular formula is C28H17Cl2NO5S. The number of carbonyl (C=O) groups excluding carboxylic acids is 2. The number of nitro benzene ring substituents is 1. The second-order valence-electron chi connectivity index (χ2n) is 7.56. The Balaban J connectivity index is 1.92. The number of nitrogens with zero attached hydrogens (tertiary/aromatic N) is 1. The Morgan fingerprint density at radius 1 is 0.784 bits per heavy atom. The maximum absolute atomic E-state index is 13.8. The van der Waals surface area contributed by atoms with Crippen molar-refractivity contribution in [2.75, 3.05) is 0 Å². The molecule has 4 rings (SSSR count). The van der Waals surface area contributed by atoms with Gasteiger partial charge in [-0.05, 0) is 24.3 Å². The van der Waals surface area contributed by atoms with Crippen LogP contribution in [0.3, 0.4) is 0 Å². The van der Waals surface area contributed by atoms with Crippen LogP contribution in [0.1, 0.15) is 26.3 Å². The maximum atomic E-state index is 13.8. The van der Waals surface area contributed by atoms with Crippen LogP contribution in [0.25, 0.3) is 5.76 Å². The van der Waals surface area contributed by atoms with Gasteiger partial charge in [0.2, 0.25) is 5.78 Å². The summed E-state index contributed by atoms with van der Waals surface area (Å²) in [6.45, 7) is 0. The predicted molar refractivity (Wildman–Crippen MR) is 145 cm³/mol. The molecule has 0 aromatic heterocycles. The second kappa shape index (κ2) is 11.9. The largest absolute Gasteiger partial charge is 0.421 e. The minimum atomic E-state index is -0.818. The van der Waals surface area contributed by atoms with E-state index in [9.17, 15) is 19.7 Å². The number of para-hydroxylation sites is 1. The summed E-state index contributed by atoms with van der Waals surface area (Å²) in [6.07, 6.45) is 0. The maximum Gasteiger partial charge on any atom is 0.345 e. The van der Waals surface area contributed by atoms with Gasteiger partial charge >= 0.3 is 5.97 Å². The average molecular weight is 550 g/mol. The summed E-state index contributed by atoms with van der Waals surface area (Å²) >= 11 is 13.0. The first-order valence-electron chi connectivity index (χ1n) is 10.8. The van der Waals surface area contributed by atoms with Crippen molar-refractivity contribution in [3.05, 3.63) is 145 Å². The van der Waals surface area contributed by atoms with Gasteiger partial charge in [0.15, 0.2) is 5.76 Å². The van der Waals surface area contributed by atoms with Crippen LogP contribution in [0.4, 0.5) is 5.69 Å². The van der Waals surface area contributed by atoms with Crippen molar-refractivity contribution in [3.63, 3.8) is 0 Å². The molecule has 0 spiro atoms. The van der Waals surface area contributed by atoms with Gasteiger partial charge in [0, 0.05) is 22.2 Å². The normalized spacial score (nSPS) is 11.4. The third kappa shape index (κ3) is 6.27. The molecule has 0 heterocycles. The molecule has 0 aliphatic rings. The summed E-state index contributed by atoms with van der Waals surface area (Å²) in [4.78, 5) is 38.4. The van der Waals surface area contributed by atoms with Gasteiger partial charge in [0.1, 0.15) is 4.91 Å². The fraction of sp³-hybridized carbons (Fsp3) is 0. The lowest BCUT2D eigenvalue weighted by atomic mass is 10.1. The Bertz CT molecular complexity index is 1510. The number of benzene rings is 4. The van der Waals surface area contributed by atoms with Crippen LogP contribution in [0.15, 0.2) is 113 Å². The number of hydrogen-bond donors (Lipinski definition) is 0. The van der Waals surface area contributed by atoms with E-state index >= 15 is 0 Å². The van der Waals surface area contributed by atoms with Gasteiger partial charge < -0.3 is 4.74 Å². The molecule has 0 aliphatic heterocycles. The predicted octanol–water partition coefficient (Wildman–Crippen LogP) is 8.10. The van der Waals surface area contributed by atoms with E-state index in [4.69, 9.17) is 27.9 Å². The fourth-order valence-corrected chi connectivity index (χ4v) is 4.91. The molecule has 0 saturated heterocycles. The Kier molecular flexibility index (Phi) is 8.40. The summed E-state index contributed by atoms with van der Waals surface area (Å²) < 4.78 is 5.82. The smallest absolute Gasteiger partial charge is 0.345 e. The topological polar surface area (TPSA) is 86.5 Å². The number of ketones is 1. The molecule has 0 aliphatic carbocycles. The van der Waals surface area contributed by atoms with E-state index in [-0.39, 0.29) is 31.8 Å². The molecule has 0 N–H and O–H groups in total. The molecule has 6 nitrogen and oxygen atoms in total. The summed E-state index contributed by atoms with van der Waals surface area (Å²) in [6, 6.07) is 27.3. The number of Topliss-reactive ketones (excluding diaryl/α,β-unsaturated/α-hetero) is 1. The third-order valence-electron chi connectivity index (χ3n) is 5.10. The van der Waals surface area contributed by atoms with Crippen molar-refractivity contribution in [2.45, 2.75) is 4.90 Å². The van der Waals surface area contributed by atoms with Crippen LogP contribution >= 0.6 is 35.0 Å². The highest BCUT2D eigenvalue weighted by atomic mass is 35.5. The molecule has 0 unspecified atom stereocenters. The Morgan fingerprint density at radius 3 is 2.00 bits per heavy atom. The fourth-order valence-electron chi connectivity index (χ4n) is 3.35. The van der Waals surface area contributed by atoms with Crippen LogP contribution in [-0.2, 0) is 4.74 Å². The number of rotatable bonds is 8. The van der Waals surface area contributed by atoms with Crippen molar-refractivity contribution < 1.29 is 19.2 Å². The van der Waals surface area contributed by atoms with Gasteiger partial charge in [0.05, 0.1) is 20.4 Å². The van der Waals surface area contributed by atoms with Crippen LogP contribution in [0, 0.1) is 10.1 Å². The number of carbonyl (C=O) groups is 2. The number of esters is 1. The molecule has 4 aromatic carbocycles. The quantitative estimate of drug-likeness (QED) is 0.0419. The van der Waals surface area contributed by atoms with Crippen LogP contribution in [-0.4, -0.2) is 16.7 Å². The number of hydrogen-bond acceptors (Lipinski definition) is 6. The molecular weight excluding hydrogens is 533 g/mol. The first kappa shape index (κ1) is 26.2. The van der Waals surface area contributed by atoms with E-state index < -0.39 is 16.7 Å². The van der Waals surface area contributed by atoms with Gasteiger partial charge in [-0.3, -0.25) is 14.9 Å². The third-order valence-corrected chi connectivity index (χ3v) is 6.79. The lowest BCUT2D eigenvalue weighted by Gasteiger charge is -2.16. The number of nitro groups is 1. The zero-order chi connectivity index (χ0) is 26.4. The van der Waals surface area contributed by atoms with Crippen LogP contribution < -0.4 is 0 Å². The van der Waals surface area contributed by atoms with Gasteiger partial charge in [-0.15, -0.1) is 0 Å². The Labute approximate surface area is 226 Å². The minimum absolute atomic E-state index is 0.00913. The van der Waals surface area contributed by atoms with Crippen molar-refractivity contribution in [1.82, 2.24) is 0 Å². The highest BCUT2D eigenvalue weighted by molar-refractivity contribution is 8.04. The Hall–Kier alpha value is -3.91. The van der Waals surface area contributed by atoms with E-state index in [0.717, 1.165) is 11.8 Å². The molecule has 0 atom stereocenters. The molecule has 0 fully saturated rings. The number of halogens is 2. The Morgan fingerprint density at radius 2 is 1.38 bits per heavy atom. The van der Waals surface area contributed by atoms with Crippen LogP contribution in [0.5, 0.6) is 0 Å². The molecule has 0 radical (unpaired) electrons. The monoisotopic (exact) mass is 549 g/mol. The number of ether oxygens (including phenoxy) is 1. The first-order valence-corrected chi connectivity index (χ1v) is 12.4. The van der Waals surface area contributed by atoms with Gasteiger partial charge in [-0.1, -0.05) is 108 Å². The molecule has 0 amide bonds. The average Bonchev–Trinajstić information content (AvgIpc) is 2.91. The molecule has 0 saturated carbocycles. The number of allylic oxidation sites excluding steroid dienone is 1. The summed E-state index contributed by atoms with van der Waals surface area (Å²) in [5, 5.41) is 12.1. The van der Waals surface area contributed by atoms with Crippen molar-refractivity contribution in [3.8, 4) is 0 Å². The standard InChI is InChI=1S/C28H17Cl2NO5S/c29-20-15-16-21(22(30)17-20)28(33)36-26(19-11-5-2-6-12-19)27(25(32)18-9-3-1-4-10-18)37-24-14-8-7-13-23(24)31(34)35/h1-17H. The minimum Gasteiger partial charge on any atom is -0.421 e. The zero-order valence-electron chi connectivity index (χ0n) is 19.0. The van der Waals surface area contributed by atoms with E-state index in [0.29, 0.717) is 16.1 Å². The summed E-state index contributed by atoms with van der Waals surface area (Å²) in [5.41, 5.74) is 0.593. The van der Waals surface area contributed by atoms with E-state index in [1.54, 1.807) is 66.7 Å². The van der Waals surface area contributed by atoms with Crippen molar-refractivity contribution >= 4 is 58.2 Å². The van der Waals surface area contributed by atoms with Gasteiger partial charge in [-0.25, -0.2) is 4.79 Å². The van der Waals surface area contributed by atoms with Crippen molar-refractivity contribution in [1.29, 1.82) is 0 Å². The summed E-state index contributed by atoms with van der Waals surface area (Å²) in [5.74, 6) is -1.35. The molecule has 37 heavy (non-hydrogen) atoms. The number of thioether (sulfide) groups is 1. The van der Waals surface area contributed by atoms with Gasteiger partial charge in [0.25, 0.3) is 5.69 Å². The lowest BCUT2D eigenvalue weighted by molar-refractivity contribution is -0.387. The second-order valence-corrected chi connectivity index (χ2v) is 9.46. The van der Waals surface area contributed by atoms with E-state index in [1.165, 1.54) is 36.4 Å². The van der Waals surface area contributed by atoms with E-state index in [1.807, 2.05) is 0 Å². The molecule has 0 bridgehead atoms.